The quantitative estimate of drug-likeness (QED) is 0.613. The molecule has 1 aliphatic rings. The molecule has 2 nitrogen and oxygen atoms in total. The van der Waals surface area contributed by atoms with E-state index in [-0.39, 0.29) is 16.8 Å². The summed E-state index contributed by atoms with van der Waals surface area (Å²) in [6, 6.07) is 0.246. The van der Waals surface area contributed by atoms with E-state index in [2.05, 4.69) is 38.3 Å². The summed E-state index contributed by atoms with van der Waals surface area (Å²) in [6.07, 6.45) is 2.00. The average molecular weight is 295 g/mol. The molecule has 3 atom stereocenters. The molecule has 0 spiro atoms. The molecule has 0 bridgehead atoms. The molecular formula is C14H28Cl2N2. The van der Waals surface area contributed by atoms with Gasteiger partial charge in [0.05, 0.1) is 5.38 Å². The third-order valence-corrected chi connectivity index (χ3v) is 6.41. The maximum atomic E-state index is 6.77. The second kappa shape index (κ2) is 5.87. The number of rotatable bonds is 4. The van der Waals surface area contributed by atoms with Crippen molar-refractivity contribution in [1.29, 1.82) is 0 Å². The molecule has 1 saturated carbocycles. The Bertz CT molecular complexity index is 273. The van der Waals surface area contributed by atoms with Crippen LogP contribution in [0.15, 0.2) is 0 Å². The predicted molar refractivity (Wildman–Crippen MR) is 81.5 cm³/mol. The molecule has 2 N–H and O–H groups in total. The molecule has 0 aromatic rings. The second-order valence-electron chi connectivity index (χ2n) is 6.33. The van der Waals surface area contributed by atoms with Crippen molar-refractivity contribution in [3.63, 3.8) is 0 Å². The van der Waals surface area contributed by atoms with Crippen LogP contribution in [0.5, 0.6) is 0 Å². The van der Waals surface area contributed by atoms with Crippen LogP contribution in [0.25, 0.3) is 0 Å². The Labute approximate surface area is 122 Å². The van der Waals surface area contributed by atoms with Crippen LogP contribution < -0.4 is 10.6 Å². The van der Waals surface area contributed by atoms with E-state index in [9.17, 15) is 0 Å². The molecule has 0 aromatic carbocycles. The lowest BCUT2D eigenvalue weighted by Crippen LogP contribution is -2.63. The lowest BCUT2D eigenvalue weighted by Gasteiger charge is -2.55. The third-order valence-electron chi connectivity index (χ3n) is 5.06. The summed E-state index contributed by atoms with van der Waals surface area (Å²) in [6.45, 7) is 9.20. The molecule has 18 heavy (non-hydrogen) atoms. The van der Waals surface area contributed by atoms with Crippen LogP contribution in [-0.4, -0.2) is 30.5 Å². The monoisotopic (exact) mass is 294 g/mol. The van der Waals surface area contributed by atoms with Gasteiger partial charge in [-0.25, -0.2) is 0 Å². The Morgan fingerprint density at radius 3 is 1.94 bits per heavy atom. The summed E-state index contributed by atoms with van der Waals surface area (Å²) in [5.74, 6) is 1.17. The van der Waals surface area contributed by atoms with Gasteiger partial charge in [-0.05, 0) is 44.2 Å². The first-order valence-corrected chi connectivity index (χ1v) is 7.74. The molecule has 1 aliphatic carbocycles. The summed E-state index contributed by atoms with van der Waals surface area (Å²) in [7, 11) is 3.88. The average Bonchev–Trinajstić information content (AvgIpc) is 2.32. The fraction of sp³-hybridized carbons (Fsp3) is 1.00. The molecule has 1 rings (SSSR count). The highest BCUT2D eigenvalue weighted by atomic mass is 35.5. The van der Waals surface area contributed by atoms with Crippen molar-refractivity contribution in [2.75, 3.05) is 14.1 Å². The van der Waals surface area contributed by atoms with Gasteiger partial charge < -0.3 is 10.6 Å². The van der Waals surface area contributed by atoms with Gasteiger partial charge >= 0.3 is 0 Å². The van der Waals surface area contributed by atoms with E-state index in [1.807, 2.05) is 14.1 Å². The molecule has 3 unspecified atom stereocenters. The van der Waals surface area contributed by atoms with Crippen LogP contribution in [0.1, 0.15) is 40.5 Å². The molecule has 0 aromatic heterocycles. The van der Waals surface area contributed by atoms with Crippen molar-refractivity contribution < 1.29 is 0 Å². The van der Waals surface area contributed by atoms with E-state index in [4.69, 9.17) is 23.2 Å². The number of nitrogens with one attached hydrogen (secondary N) is 2. The summed E-state index contributed by atoms with van der Waals surface area (Å²) in [5, 5.41) is 6.51. The standard InChI is InChI=1S/C14H28Cl2N2/c1-9(2)13(10(3)4)7-11(17-5)12(15)14(16,8-13)18-6/h9-12,17-18H,7-8H2,1-6H3. The molecule has 0 saturated heterocycles. The molecule has 0 aliphatic heterocycles. The number of alkyl halides is 2. The Hall–Kier alpha value is 0.500. The van der Waals surface area contributed by atoms with E-state index in [1.54, 1.807) is 0 Å². The Kier molecular flexibility index (Phi) is 5.39. The highest BCUT2D eigenvalue weighted by Gasteiger charge is 2.54. The zero-order chi connectivity index (χ0) is 14.1. The molecular weight excluding hydrogens is 267 g/mol. The summed E-state index contributed by atoms with van der Waals surface area (Å²) < 4.78 is 0. The van der Waals surface area contributed by atoms with Crippen LogP contribution in [0.4, 0.5) is 0 Å². The zero-order valence-electron chi connectivity index (χ0n) is 12.5. The Morgan fingerprint density at radius 2 is 1.61 bits per heavy atom. The molecule has 1 fully saturated rings. The SMILES string of the molecule is CNC1CC(C(C)C)(C(C)C)CC(Cl)(NC)C1Cl. The van der Waals surface area contributed by atoms with Gasteiger partial charge in [0.15, 0.2) is 0 Å². The summed E-state index contributed by atoms with van der Waals surface area (Å²) in [5.41, 5.74) is 0.226. The number of hydrogen-bond acceptors (Lipinski definition) is 2. The highest BCUT2D eigenvalue weighted by molar-refractivity contribution is 6.32. The van der Waals surface area contributed by atoms with Crippen molar-refractivity contribution in [2.45, 2.75) is 57.0 Å². The minimum atomic E-state index is -0.526. The Morgan fingerprint density at radius 1 is 1.11 bits per heavy atom. The largest absolute Gasteiger partial charge is 0.315 e. The molecule has 0 amide bonds. The second-order valence-corrected chi connectivity index (χ2v) is 7.48. The Balaban J connectivity index is 3.16. The first-order chi connectivity index (χ1) is 8.23. The molecule has 0 radical (unpaired) electrons. The maximum absolute atomic E-state index is 6.77. The normalized spacial score (nSPS) is 36.3. The topological polar surface area (TPSA) is 24.1 Å². The van der Waals surface area contributed by atoms with Crippen molar-refractivity contribution in [3.8, 4) is 0 Å². The smallest absolute Gasteiger partial charge is 0.112 e. The minimum absolute atomic E-state index is 0.0974. The van der Waals surface area contributed by atoms with Gasteiger partial charge in [0.25, 0.3) is 0 Å². The zero-order valence-corrected chi connectivity index (χ0v) is 14.0. The molecule has 108 valence electrons. The number of halogens is 2. The van der Waals surface area contributed by atoms with Gasteiger partial charge in [-0.1, -0.05) is 27.7 Å². The fourth-order valence-corrected chi connectivity index (χ4v) is 4.30. The van der Waals surface area contributed by atoms with E-state index >= 15 is 0 Å². The van der Waals surface area contributed by atoms with Gasteiger partial charge in [0, 0.05) is 6.04 Å². The first kappa shape index (κ1) is 16.6. The van der Waals surface area contributed by atoms with Crippen molar-refractivity contribution in [1.82, 2.24) is 10.6 Å². The maximum Gasteiger partial charge on any atom is 0.112 e. The van der Waals surface area contributed by atoms with Gasteiger partial charge in [0.1, 0.15) is 5.00 Å². The van der Waals surface area contributed by atoms with Gasteiger partial charge in [-0.15, -0.1) is 23.2 Å². The summed E-state index contributed by atoms with van der Waals surface area (Å²) >= 11 is 13.3. The van der Waals surface area contributed by atoms with Crippen LogP contribution in [0.3, 0.4) is 0 Å². The third kappa shape index (κ3) is 2.67. The van der Waals surface area contributed by atoms with E-state index in [0.717, 1.165) is 12.8 Å². The predicted octanol–water partition coefficient (Wildman–Crippen LogP) is 3.43. The van der Waals surface area contributed by atoms with Crippen molar-refractivity contribution in [2.24, 2.45) is 17.3 Å². The van der Waals surface area contributed by atoms with Gasteiger partial charge in [-0.2, -0.15) is 0 Å². The number of hydrogen-bond donors (Lipinski definition) is 2. The van der Waals surface area contributed by atoms with Crippen molar-refractivity contribution >= 4 is 23.2 Å². The van der Waals surface area contributed by atoms with E-state index in [0.29, 0.717) is 11.8 Å². The van der Waals surface area contributed by atoms with Crippen LogP contribution in [0, 0.1) is 17.3 Å². The highest BCUT2D eigenvalue weighted by Crippen LogP contribution is 2.53. The van der Waals surface area contributed by atoms with Crippen LogP contribution in [0.2, 0.25) is 0 Å². The minimum Gasteiger partial charge on any atom is -0.315 e. The lowest BCUT2D eigenvalue weighted by atomic mass is 9.58. The van der Waals surface area contributed by atoms with Crippen LogP contribution >= 0.6 is 23.2 Å². The van der Waals surface area contributed by atoms with E-state index < -0.39 is 5.00 Å². The lowest BCUT2D eigenvalue weighted by molar-refractivity contribution is 0.0189. The van der Waals surface area contributed by atoms with Gasteiger partial charge in [0.2, 0.25) is 0 Å². The van der Waals surface area contributed by atoms with Gasteiger partial charge in [-0.3, -0.25) is 0 Å². The molecule has 4 heteroatoms. The van der Waals surface area contributed by atoms with Crippen molar-refractivity contribution in [3.05, 3.63) is 0 Å². The fourth-order valence-electron chi connectivity index (χ4n) is 3.50. The van der Waals surface area contributed by atoms with E-state index in [1.165, 1.54) is 0 Å². The first-order valence-electron chi connectivity index (χ1n) is 6.92. The molecule has 0 heterocycles. The van der Waals surface area contributed by atoms with Crippen LogP contribution in [-0.2, 0) is 0 Å². The summed E-state index contributed by atoms with van der Waals surface area (Å²) in [4.78, 5) is -0.526.